The molecule has 0 aromatic carbocycles. The van der Waals surface area contributed by atoms with Crippen LogP contribution in [0.3, 0.4) is 0 Å². The number of hydrogen-bond acceptors (Lipinski definition) is 3. The number of rotatable bonds is 4. The minimum Gasteiger partial charge on any atom is -0.481 e. The van der Waals surface area contributed by atoms with Crippen LogP contribution in [0.2, 0.25) is 0 Å². The lowest BCUT2D eigenvalue weighted by atomic mass is 9.69. The van der Waals surface area contributed by atoms with Crippen molar-refractivity contribution in [2.75, 3.05) is 6.54 Å². The van der Waals surface area contributed by atoms with Crippen LogP contribution in [0.15, 0.2) is 24.5 Å². The van der Waals surface area contributed by atoms with Gasteiger partial charge < -0.3 is 10.4 Å². The van der Waals surface area contributed by atoms with Gasteiger partial charge in [0.1, 0.15) is 0 Å². The van der Waals surface area contributed by atoms with Gasteiger partial charge in [-0.2, -0.15) is 0 Å². The van der Waals surface area contributed by atoms with Crippen molar-refractivity contribution in [1.82, 2.24) is 10.3 Å². The van der Waals surface area contributed by atoms with E-state index in [0.717, 1.165) is 6.42 Å². The highest BCUT2D eigenvalue weighted by Gasteiger charge is 2.44. The number of nitrogens with zero attached hydrogens (tertiary/aromatic N) is 1. The second kappa shape index (κ2) is 4.53. The van der Waals surface area contributed by atoms with Gasteiger partial charge in [-0.1, -0.05) is 6.42 Å². The van der Waals surface area contributed by atoms with Crippen molar-refractivity contribution in [2.45, 2.75) is 19.3 Å². The molecule has 1 amide bonds. The summed E-state index contributed by atoms with van der Waals surface area (Å²) in [6.45, 7) is 0.198. The molecule has 0 bridgehead atoms. The Bertz CT molecular complexity index is 427. The van der Waals surface area contributed by atoms with E-state index in [1.165, 1.54) is 12.4 Å². The summed E-state index contributed by atoms with van der Waals surface area (Å²) in [5.41, 5.74) is -0.247. The number of hydrogen-bond donors (Lipinski definition) is 2. The van der Waals surface area contributed by atoms with E-state index in [1.54, 1.807) is 12.1 Å². The van der Waals surface area contributed by atoms with E-state index in [1.807, 2.05) is 0 Å². The van der Waals surface area contributed by atoms with Gasteiger partial charge in [-0.3, -0.25) is 14.6 Å². The van der Waals surface area contributed by atoms with Crippen molar-refractivity contribution in [3.63, 3.8) is 0 Å². The van der Waals surface area contributed by atoms with Crippen LogP contribution < -0.4 is 5.32 Å². The van der Waals surface area contributed by atoms with Crippen molar-refractivity contribution in [1.29, 1.82) is 0 Å². The van der Waals surface area contributed by atoms with Crippen LogP contribution in [0.1, 0.15) is 29.6 Å². The number of carboxylic acid groups (broad SMARTS) is 1. The second-order valence-electron chi connectivity index (χ2n) is 4.36. The molecule has 2 N–H and O–H groups in total. The number of pyridine rings is 1. The van der Waals surface area contributed by atoms with Crippen LogP contribution >= 0.6 is 0 Å². The Hall–Kier alpha value is -1.91. The number of aliphatic carboxylic acids is 1. The average molecular weight is 234 g/mol. The van der Waals surface area contributed by atoms with Crippen molar-refractivity contribution >= 4 is 11.9 Å². The van der Waals surface area contributed by atoms with E-state index in [0.29, 0.717) is 18.4 Å². The molecule has 17 heavy (non-hydrogen) atoms. The SMILES string of the molecule is O=C(NCC1(C(=O)O)CCC1)c1ccncc1. The fourth-order valence-electron chi connectivity index (χ4n) is 1.92. The van der Waals surface area contributed by atoms with E-state index >= 15 is 0 Å². The quantitative estimate of drug-likeness (QED) is 0.816. The summed E-state index contributed by atoms with van der Waals surface area (Å²) >= 11 is 0. The smallest absolute Gasteiger partial charge is 0.311 e. The summed E-state index contributed by atoms with van der Waals surface area (Å²) in [6, 6.07) is 3.20. The first-order valence-electron chi connectivity index (χ1n) is 5.56. The van der Waals surface area contributed by atoms with Crippen LogP contribution in [-0.2, 0) is 4.79 Å². The fraction of sp³-hybridized carbons (Fsp3) is 0.417. The molecule has 90 valence electrons. The van der Waals surface area contributed by atoms with Crippen LogP contribution in [0.25, 0.3) is 0 Å². The van der Waals surface area contributed by atoms with Gasteiger partial charge in [0.2, 0.25) is 0 Å². The number of aromatic nitrogens is 1. The minimum atomic E-state index is -0.821. The van der Waals surface area contributed by atoms with Gasteiger partial charge in [-0.25, -0.2) is 0 Å². The topological polar surface area (TPSA) is 79.3 Å². The first kappa shape index (κ1) is 11.6. The molecule has 0 atom stereocenters. The Balaban J connectivity index is 1.95. The molecule has 0 spiro atoms. The number of nitrogens with one attached hydrogen (secondary N) is 1. The first-order valence-corrected chi connectivity index (χ1v) is 5.56. The lowest BCUT2D eigenvalue weighted by Gasteiger charge is -2.37. The monoisotopic (exact) mass is 234 g/mol. The number of carbonyl (C=O) groups is 2. The predicted molar refractivity (Wildman–Crippen MR) is 60.5 cm³/mol. The standard InChI is InChI=1S/C12H14N2O3/c15-10(9-2-6-13-7-3-9)14-8-12(11(16)17)4-1-5-12/h2-3,6-7H,1,4-5,8H2,(H,14,15)(H,16,17). The Morgan fingerprint density at radius 2 is 2.00 bits per heavy atom. The Morgan fingerprint density at radius 1 is 1.35 bits per heavy atom. The van der Waals surface area contributed by atoms with Crippen molar-refractivity contribution < 1.29 is 14.7 Å². The third-order valence-corrected chi connectivity index (χ3v) is 3.29. The average Bonchev–Trinajstić information content (AvgIpc) is 2.28. The molecule has 5 nitrogen and oxygen atoms in total. The molecule has 0 saturated heterocycles. The Kier molecular flexibility index (Phi) is 3.08. The zero-order valence-corrected chi connectivity index (χ0v) is 9.35. The normalized spacial score (nSPS) is 16.9. The van der Waals surface area contributed by atoms with Gasteiger partial charge in [-0.05, 0) is 25.0 Å². The van der Waals surface area contributed by atoms with Crippen molar-refractivity contribution in [2.24, 2.45) is 5.41 Å². The van der Waals surface area contributed by atoms with Gasteiger partial charge in [0, 0.05) is 24.5 Å². The third kappa shape index (κ3) is 2.27. The Morgan fingerprint density at radius 3 is 2.47 bits per heavy atom. The molecule has 0 unspecified atom stereocenters. The van der Waals surface area contributed by atoms with Crippen molar-refractivity contribution in [3.05, 3.63) is 30.1 Å². The highest BCUT2D eigenvalue weighted by molar-refractivity contribution is 5.94. The molecule has 1 saturated carbocycles. The predicted octanol–water partition coefficient (Wildman–Crippen LogP) is 1.07. The molecule has 1 aliphatic rings. The molecule has 2 rings (SSSR count). The molecule has 1 fully saturated rings. The van der Waals surface area contributed by atoms with E-state index < -0.39 is 11.4 Å². The van der Waals surface area contributed by atoms with E-state index in [4.69, 9.17) is 5.11 Å². The molecule has 1 aliphatic carbocycles. The van der Waals surface area contributed by atoms with Gasteiger partial charge in [-0.15, -0.1) is 0 Å². The van der Waals surface area contributed by atoms with Crippen LogP contribution in [0.4, 0.5) is 0 Å². The van der Waals surface area contributed by atoms with Crippen molar-refractivity contribution in [3.8, 4) is 0 Å². The van der Waals surface area contributed by atoms with Gasteiger partial charge >= 0.3 is 5.97 Å². The van der Waals surface area contributed by atoms with Gasteiger partial charge in [0.25, 0.3) is 5.91 Å². The van der Waals surface area contributed by atoms with E-state index in [9.17, 15) is 9.59 Å². The third-order valence-electron chi connectivity index (χ3n) is 3.29. The number of amides is 1. The maximum absolute atomic E-state index is 11.7. The Labute approximate surface area is 98.9 Å². The zero-order chi connectivity index (χ0) is 12.3. The van der Waals surface area contributed by atoms with Crippen LogP contribution in [-0.4, -0.2) is 28.5 Å². The summed E-state index contributed by atoms with van der Waals surface area (Å²) in [6.07, 6.45) is 5.26. The molecule has 1 aromatic rings. The van der Waals surface area contributed by atoms with E-state index in [2.05, 4.69) is 10.3 Å². The lowest BCUT2D eigenvalue weighted by molar-refractivity contribution is -0.153. The zero-order valence-electron chi connectivity index (χ0n) is 9.35. The summed E-state index contributed by atoms with van der Waals surface area (Å²) < 4.78 is 0. The molecular formula is C12H14N2O3. The van der Waals surface area contributed by atoms with Crippen LogP contribution in [0.5, 0.6) is 0 Å². The maximum Gasteiger partial charge on any atom is 0.311 e. The van der Waals surface area contributed by atoms with Gasteiger partial charge in [0.05, 0.1) is 5.41 Å². The lowest BCUT2D eigenvalue weighted by Crippen LogP contribution is -2.47. The molecule has 1 aromatic heterocycles. The van der Waals surface area contributed by atoms with Crippen LogP contribution in [0, 0.1) is 5.41 Å². The first-order chi connectivity index (χ1) is 8.14. The van der Waals surface area contributed by atoms with Gasteiger partial charge in [0.15, 0.2) is 0 Å². The number of carboxylic acids is 1. The summed E-state index contributed by atoms with van der Waals surface area (Å²) in [4.78, 5) is 26.6. The maximum atomic E-state index is 11.7. The highest BCUT2D eigenvalue weighted by atomic mass is 16.4. The molecule has 0 aliphatic heterocycles. The molecular weight excluding hydrogens is 220 g/mol. The largest absolute Gasteiger partial charge is 0.481 e. The summed E-state index contributed by atoms with van der Waals surface area (Å²) in [5.74, 6) is -1.07. The molecule has 1 heterocycles. The molecule has 5 heteroatoms. The summed E-state index contributed by atoms with van der Waals surface area (Å²) in [5, 5.41) is 11.8. The highest BCUT2D eigenvalue weighted by Crippen LogP contribution is 2.40. The molecule has 0 radical (unpaired) electrons. The number of carbonyl (C=O) groups excluding carboxylic acids is 1. The fourth-order valence-corrected chi connectivity index (χ4v) is 1.92. The van der Waals surface area contributed by atoms with E-state index in [-0.39, 0.29) is 12.5 Å². The second-order valence-corrected chi connectivity index (χ2v) is 4.36. The minimum absolute atomic E-state index is 0.198. The summed E-state index contributed by atoms with van der Waals surface area (Å²) in [7, 11) is 0.